The van der Waals surface area contributed by atoms with Gasteiger partial charge >= 0.3 is 0 Å². The van der Waals surface area contributed by atoms with Gasteiger partial charge in [0.25, 0.3) is 0 Å². The smallest absolute Gasteiger partial charge is 0.133 e. The number of hydrogen-bond donors (Lipinski definition) is 0. The number of hydrogen-bond acceptors (Lipinski definition) is 1. The Morgan fingerprint density at radius 3 is 2.83 bits per heavy atom. The number of aryl methyl sites for hydroxylation is 1. The molecule has 0 aliphatic heterocycles. The Kier molecular flexibility index (Phi) is 2.54. The first kappa shape index (κ1) is 11.5. The zero-order valence-corrected chi connectivity index (χ0v) is 11.1. The summed E-state index contributed by atoms with van der Waals surface area (Å²) in [5.41, 5.74) is 2.62. The monoisotopic (exact) mass is 241 g/mol. The van der Waals surface area contributed by atoms with E-state index in [4.69, 9.17) is 0 Å². The van der Waals surface area contributed by atoms with Crippen LogP contribution in [0.5, 0.6) is 0 Å². The summed E-state index contributed by atoms with van der Waals surface area (Å²) in [5, 5.41) is 1.30. The topological polar surface area (TPSA) is 22.0 Å². The van der Waals surface area contributed by atoms with E-state index in [1.807, 2.05) is 0 Å². The highest BCUT2D eigenvalue weighted by atomic mass is 16.1. The van der Waals surface area contributed by atoms with Crippen molar-refractivity contribution in [2.24, 2.45) is 7.05 Å². The standard InChI is InChI=1S/C16H19NO/c1-16(9-5-6-12(18)10-16)14-11-17(2)15-8-4-3-7-13(14)15/h3-4,7-8,11H,5-6,9-10H2,1-2H3. The summed E-state index contributed by atoms with van der Waals surface area (Å²) in [6.45, 7) is 2.24. The minimum absolute atomic E-state index is 0.0240. The number of ketones is 1. The molecule has 2 heteroatoms. The summed E-state index contributed by atoms with van der Waals surface area (Å²) in [4.78, 5) is 11.8. The maximum Gasteiger partial charge on any atom is 0.133 e. The van der Waals surface area contributed by atoms with Crippen molar-refractivity contribution >= 4 is 16.7 Å². The molecule has 1 saturated carbocycles. The fraction of sp³-hybridized carbons (Fsp3) is 0.438. The molecule has 2 aromatic rings. The highest BCUT2D eigenvalue weighted by Crippen LogP contribution is 2.41. The predicted octanol–water partition coefficient (Wildman–Crippen LogP) is 3.58. The number of Topliss-reactive ketones (excluding diaryl/α,β-unsaturated/α-hetero) is 1. The molecule has 3 rings (SSSR count). The highest BCUT2D eigenvalue weighted by molar-refractivity contribution is 5.87. The van der Waals surface area contributed by atoms with E-state index in [2.05, 4.69) is 49.0 Å². The average molecular weight is 241 g/mol. The molecule has 1 aromatic heterocycles. The van der Waals surface area contributed by atoms with Gasteiger partial charge in [0.15, 0.2) is 0 Å². The lowest BCUT2D eigenvalue weighted by Crippen LogP contribution is -2.29. The van der Waals surface area contributed by atoms with E-state index in [0.29, 0.717) is 12.2 Å². The third-order valence-corrected chi connectivity index (χ3v) is 4.32. The molecule has 1 aliphatic carbocycles. The second kappa shape index (κ2) is 3.98. The van der Waals surface area contributed by atoms with Crippen molar-refractivity contribution in [2.75, 3.05) is 0 Å². The molecule has 18 heavy (non-hydrogen) atoms. The maximum absolute atomic E-state index is 11.8. The lowest BCUT2D eigenvalue weighted by atomic mass is 9.70. The first-order valence-electron chi connectivity index (χ1n) is 6.66. The van der Waals surface area contributed by atoms with Gasteiger partial charge in [-0.25, -0.2) is 0 Å². The van der Waals surface area contributed by atoms with Crippen LogP contribution in [0.2, 0.25) is 0 Å². The van der Waals surface area contributed by atoms with Crippen molar-refractivity contribution in [1.29, 1.82) is 0 Å². The molecule has 94 valence electrons. The van der Waals surface area contributed by atoms with Gasteiger partial charge < -0.3 is 4.57 Å². The molecule has 1 heterocycles. The average Bonchev–Trinajstić information content (AvgIpc) is 2.68. The Morgan fingerprint density at radius 2 is 2.06 bits per heavy atom. The van der Waals surface area contributed by atoms with Gasteiger partial charge in [-0.05, 0) is 24.5 Å². The van der Waals surface area contributed by atoms with Crippen LogP contribution in [0, 0.1) is 0 Å². The fourth-order valence-corrected chi connectivity index (χ4v) is 3.34. The summed E-state index contributed by atoms with van der Waals surface area (Å²) in [5.74, 6) is 0.414. The van der Waals surface area contributed by atoms with Crippen LogP contribution in [0.15, 0.2) is 30.5 Å². The number of para-hydroxylation sites is 1. The van der Waals surface area contributed by atoms with E-state index in [1.54, 1.807) is 0 Å². The van der Waals surface area contributed by atoms with Crippen molar-refractivity contribution in [3.05, 3.63) is 36.0 Å². The third-order valence-electron chi connectivity index (χ3n) is 4.32. The van der Waals surface area contributed by atoms with Gasteiger partial charge in [0.1, 0.15) is 5.78 Å². The maximum atomic E-state index is 11.8. The first-order chi connectivity index (χ1) is 8.60. The Labute approximate surface area is 108 Å². The fourth-order valence-electron chi connectivity index (χ4n) is 3.34. The molecule has 0 amide bonds. The number of carbonyl (C=O) groups excluding carboxylic acids is 1. The number of carbonyl (C=O) groups is 1. The summed E-state index contributed by atoms with van der Waals surface area (Å²) >= 11 is 0. The normalized spacial score (nSPS) is 24.7. The lowest BCUT2D eigenvalue weighted by molar-refractivity contribution is -0.121. The molecular weight excluding hydrogens is 222 g/mol. The number of rotatable bonds is 1. The molecule has 0 bridgehead atoms. The zero-order valence-electron chi connectivity index (χ0n) is 11.1. The Balaban J connectivity index is 2.16. The van der Waals surface area contributed by atoms with Crippen molar-refractivity contribution in [2.45, 2.75) is 38.0 Å². The van der Waals surface area contributed by atoms with E-state index in [1.165, 1.54) is 16.5 Å². The van der Waals surface area contributed by atoms with E-state index >= 15 is 0 Å². The Hall–Kier alpha value is -1.57. The van der Waals surface area contributed by atoms with E-state index in [0.717, 1.165) is 19.3 Å². The molecule has 0 N–H and O–H groups in total. The summed E-state index contributed by atoms with van der Waals surface area (Å²) in [6.07, 6.45) is 5.82. The summed E-state index contributed by atoms with van der Waals surface area (Å²) in [7, 11) is 2.08. The number of nitrogens with zero attached hydrogens (tertiary/aromatic N) is 1. The number of benzene rings is 1. The third kappa shape index (κ3) is 1.67. The van der Waals surface area contributed by atoms with Crippen LogP contribution >= 0.6 is 0 Å². The van der Waals surface area contributed by atoms with Crippen LogP contribution in [0.3, 0.4) is 0 Å². The molecule has 1 unspecified atom stereocenters. The molecule has 0 spiro atoms. The van der Waals surface area contributed by atoms with E-state index in [-0.39, 0.29) is 5.41 Å². The Bertz CT molecular complexity index is 611. The van der Waals surface area contributed by atoms with Crippen LogP contribution < -0.4 is 0 Å². The van der Waals surface area contributed by atoms with Gasteiger partial charge in [-0.2, -0.15) is 0 Å². The predicted molar refractivity (Wildman–Crippen MR) is 73.7 cm³/mol. The van der Waals surface area contributed by atoms with E-state index < -0.39 is 0 Å². The van der Waals surface area contributed by atoms with Gasteiger partial charge in [-0.1, -0.05) is 25.1 Å². The quantitative estimate of drug-likeness (QED) is 0.748. The van der Waals surface area contributed by atoms with Gasteiger partial charge in [-0.15, -0.1) is 0 Å². The first-order valence-corrected chi connectivity index (χ1v) is 6.66. The molecule has 1 atom stereocenters. The molecule has 1 aromatic carbocycles. The molecule has 0 radical (unpaired) electrons. The van der Waals surface area contributed by atoms with Crippen molar-refractivity contribution in [1.82, 2.24) is 4.57 Å². The van der Waals surface area contributed by atoms with Crippen LogP contribution in [0.4, 0.5) is 0 Å². The van der Waals surface area contributed by atoms with Crippen LogP contribution in [0.25, 0.3) is 10.9 Å². The van der Waals surface area contributed by atoms with Crippen LogP contribution in [0.1, 0.15) is 38.2 Å². The largest absolute Gasteiger partial charge is 0.350 e. The molecular formula is C16H19NO. The molecule has 1 aliphatic rings. The molecule has 1 fully saturated rings. The van der Waals surface area contributed by atoms with Crippen molar-refractivity contribution in [3.63, 3.8) is 0 Å². The van der Waals surface area contributed by atoms with Gasteiger partial charge in [-0.3, -0.25) is 4.79 Å². The lowest BCUT2D eigenvalue weighted by Gasteiger charge is -2.32. The van der Waals surface area contributed by atoms with Gasteiger partial charge in [0.05, 0.1) is 0 Å². The second-order valence-electron chi connectivity index (χ2n) is 5.80. The highest BCUT2D eigenvalue weighted by Gasteiger charge is 2.34. The minimum atomic E-state index is 0.0240. The van der Waals surface area contributed by atoms with Crippen molar-refractivity contribution in [3.8, 4) is 0 Å². The van der Waals surface area contributed by atoms with E-state index in [9.17, 15) is 4.79 Å². The Morgan fingerprint density at radius 1 is 1.28 bits per heavy atom. The second-order valence-corrected chi connectivity index (χ2v) is 5.80. The summed E-state index contributed by atoms with van der Waals surface area (Å²) < 4.78 is 2.18. The number of fused-ring (bicyclic) bond motifs is 1. The van der Waals surface area contributed by atoms with Crippen LogP contribution in [-0.4, -0.2) is 10.4 Å². The van der Waals surface area contributed by atoms with Gasteiger partial charge in [0, 0.05) is 42.4 Å². The van der Waals surface area contributed by atoms with Gasteiger partial charge in [0.2, 0.25) is 0 Å². The SMILES string of the molecule is Cn1cc(C2(C)CCCC(=O)C2)c2ccccc21. The number of aromatic nitrogens is 1. The van der Waals surface area contributed by atoms with Crippen LogP contribution in [-0.2, 0) is 17.3 Å². The zero-order chi connectivity index (χ0) is 12.8. The molecule has 0 saturated heterocycles. The summed E-state index contributed by atoms with van der Waals surface area (Å²) in [6, 6.07) is 8.47. The van der Waals surface area contributed by atoms with Crippen molar-refractivity contribution < 1.29 is 4.79 Å². The minimum Gasteiger partial charge on any atom is -0.350 e. The molecule has 2 nitrogen and oxygen atoms in total.